The maximum absolute atomic E-state index is 13.0. The van der Waals surface area contributed by atoms with Crippen LogP contribution in [0.1, 0.15) is 32.8 Å². The van der Waals surface area contributed by atoms with E-state index in [1.54, 1.807) is 45.1 Å². The lowest BCUT2D eigenvalue weighted by Crippen LogP contribution is -2.48. The molecule has 0 aliphatic heterocycles. The molecule has 0 bridgehead atoms. The van der Waals surface area contributed by atoms with Crippen molar-refractivity contribution in [1.29, 1.82) is 0 Å². The van der Waals surface area contributed by atoms with Gasteiger partial charge in [-0.1, -0.05) is 44.2 Å². The van der Waals surface area contributed by atoms with Crippen molar-refractivity contribution < 1.29 is 24.2 Å². The first-order valence-corrected chi connectivity index (χ1v) is 8.55. The van der Waals surface area contributed by atoms with Gasteiger partial charge in [0.05, 0.1) is 0 Å². The van der Waals surface area contributed by atoms with E-state index in [4.69, 9.17) is 5.11 Å². The van der Waals surface area contributed by atoms with Crippen LogP contribution in [0.5, 0.6) is 0 Å². The van der Waals surface area contributed by atoms with Gasteiger partial charge < -0.3 is 10.2 Å². The molecule has 1 aromatic carbocycles. The summed E-state index contributed by atoms with van der Waals surface area (Å²) in [6, 6.07) is 5.85. The minimum atomic E-state index is -1.47. The van der Waals surface area contributed by atoms with Crippen LogP contribution in [0, 0.1) is 11.2 Å². The molecule has 0 amide bonds. The Balaban J connectivity index is 2.44. The van der Waals surface area contributed by atoms with Gasteiger partial charge in [-0.15, -0.1) is 0 Å². The van der Waals surface area contributed by atoms with Crippen LogP contribution in [0.2, 0.25) is 0 Å². The number of hydrogen-bond donors (Lipinski definition) is 2. The number of aliphatic carboxylic acids is 1. The zero-order valence-corrected chi connectivity index (χ0v) is 15.6. The molecular weight excluding hydrogens is 347 g/mol. The molecule has 0 aromatic heterocycles. The summed E-state index contributed by atoms with van der Waals surface area (Å²) in [6.45, 7) is 5.18. The summed E-state index contributed by atoms with van der Waals surface area (Å²) in [5, 5.41) is 20.2. The molecule has 0 saturated heterocycles. The van der Waals surface area contributed by atoms with Gasteiger partial charge in [-0.3, -0.25) is 4.79 Å². The first kappa shape index (κ1) is 20.5. The summed E-state index contributed by atoms with van der Waals surface area (Å²) in [4.78, 5) is 22.9. The van der Waals surface area contributed by atoms with Gasteiger partial charge in [0, 0.05) is 17.9 Å². The summed E-state index contributed by atoms with van der Waals surface area (Å²) in [6.07, 6.45) is 8.97. The molecule has 5 heteroatoms. The van der Waals surface area contributed by atoms with Crippen molar-refractivity contribution in [3.8, 4) is 0 Å². The predicted molar refractivity (Wildman–Crippen MR) is 102 cm³/mol. The summed E-state index contributed by atoms with van der Waals surface area (Å²) < 4.78 is 13.0. The predicted octanol–water partition coefficient (Wildman–Crippen LogP) is 4.08. The monoisotopic (exact) mass is 370 g/mol. The molecule has 1 aliphatic carbocycles. The van der Waals surface area contributed by atoms with Crippen LogP contribution >= 0.6 is 0 Å². The largest absolute Gasteiger partial charge is 0.478 e. The summed E-state index contributed by atoms with van der Waals surface area (Å²) >= 11 is 0. The van der Waals surface area contributed by atoms with Gasteiger partial charge >= 0.3 is 5.97 Å². The zero-order chi connectivity index (χ0) is 20.2. The van der Waals surface area contributed by atoms with Crippen LogP contribution < -0.4 is 0 Å². The number of halogens is 1. The Morgan fingerprint density at radius 2 is 1.81 bits per heavy atom. The fraction of sp³-hybridized carbons (Fsp3) is 0.273. The normalized spacial score (nSPS) is 23.1. The van der Waals surface area contributed by atoms with Crippen molar-refractivity contribution in [1.82, 2.24) is 0 Å². The molecule has 4 nitrogen and oxygen atoms in total. The highest BCUT2D eigenvalue weighted by atomic mass is 19.1. The first-order valence-electron chi connectivity index (χ1n) is 8.55. The van der Waals surface area contributed by atoms with Crippen molar-refractivity contribution >= 4 is 17.8 Å². The molecule has 0 radical (unpaired) electrons. The molecule has 1 atom stereocenters. The van der Waals surface area contributed by atoms with E-state index in [-0.39, 0.29) is 18.0 Å². The van der Waals surface area contributed by atoms with Crippen molar-refractivity contribution in [2.24, 2.45) is 5.41 Å². The number of rotatable bonds is 5. The third-order valence-electron chi connectivity index (χ3n) is 4.67. The highest BCUT2D eigenvalue weighted by Crippen LogP contribution is 2.45. The second kappa shape index (κ2) is 7.84. The van der Waals surface area contributed by atoms with Crippen molar-refractivity contribution in [3.63, 3.8) is 0 Å². The molecule has 0 spiro atoms. The Morgan fingerprint density at radius 1 is 1.19 bits per heavy atom. The number of hydrogen-bond acceptors (Lipinski definition) is 3. The highest BCUT2D eigenvalue weighted by Gasteiger charge is 2.47. The zero-order valence-electron chi connectivity index (χ0n) is 15.6. The van der Waals surface area contributed by atoms with Gasteiger partial charge in [-0.25, -0.2) is 9.18 Å². The summed E-state index contributed by atoms with van der Waals surface area (Å²) in [5.41, 5.74) is -0.675. The molecule has 2 N–H and O–H groups in total. The molecule has 1 aromatic rings. The molecule has 27 heavy (non-hydrogen) atoms. The SMILES string of the molecule is CC(=C/C(=O)O)/C=C/[C@@]1(O)C(/C=C/c2ccc(F)cc2)=CC(=O)CC1(C)C. The lowest BCUT2D eigenvalue weighted by atomic mass is 9.64. The number of benzene rings is 1. The minimum absolute atomic E-state index is 0.102. The maximum atomic E-state index is 13.0. The fourth-order valence-corrected chi connectivity index (χ4v) is 3.05. The highest BCUT2D eigenvalue weighted by molar-refractivity contribution is 5.94. The van der Waals surface area contributed by atoms with Crippen molar-refractivity contribution in [3.05, 3.63) is 77.2 Å². The van der Waals surface area contributed by atoms with Gasteiger partial charge in [0.2, 0.25) is 0 Å². The number of allylic oxidation sites excluding steroid dienone is 3. The number of ketones is 1. The van der Waals surface area contributed by atoms with E-state index in [0.29, 0.717) is 11.1 Å². The van der Waals surface area contributed by atoms with E-state index in [1.165, 1.54) is 30.4 Å². The smallest absolute Gasteiger partial charge is 0.328 e. The topological polar surface area (TPSA) is 74.6 Å². The maximum Gasteiger partial charge on any atom is 0.328 e. The Labute approximate surface area is 158 Å². The number of carbonyl (C=O) groups is 2. The number of carboxylic acid groups (broad SMARTS) is 1. The van der Waals surface area contributed by atoms with Gasteiger partial charge in [-0.2, -0.15) is 0 Å². The van der Waals surface area contributed by atoms with Crippen LogP contribution in [-0.2, 0) is 9.59 Å². The van der Waals surface area contributed by atoms with E-state index in [0.717, 1.165) is 11.6 Å². The summed E-state index contributed by atoms with van der Waals surface area (Å²) in [7, 11) is 0. The van der Waals surface area contributed by atoms with E-state index in [2.05, 4.69) is 0 Å². The quantitative estimate of drug-likeness (QED) is 0.605. The van der Waals surface area contributed by atoms with Crippen LogP contribution in [0.25, 0.3) is 6.08 Å². The molecule has 0 fully saturated rings. The third kappa shape index (κ3) is 4.89. The molecular formula is C22H23FO4. The molecule has 142 valence electrons. The molecule has 0 unspecified atom stereocenters. The van der Waals surface area contributed by atoms with Crippen LogP contribution in [0.4, 0.5) is 4.39 Å². The first-order chi connectivity index (χ1) is 12.5. The average molecular weight is 370 g/mol. The second-order valence-electron chi connectivity index (χ2n) is 7.34. The van der Waals surface area contributed by atoms with Gasteiger partial charge in [0.25, 0.3) is 0 Å². The lowest BCUT2D eigenvalue weighted by molar-refractivity contribution is -0.131. The van der Waals surface area contributed by atoms with Crippen molar-refractivity contribution in [2.75, 3.05) is 0 Å². The van der Waals surface area contributed by atoms with E-state index in [1.807, 2.05) is 0 Å². The van der Waals surface area contributed by atoms with Gasteiger partial charge in [-0.05, 0) is 47.9 Å². The van der Waals surface area contributed by atoms with E-state index in [9.17, 15) is 19.1 Å². The Morgan fingerprint density at radius 3 is 2.41 bits per heavy atom. The second-order valence-corrected chi connectivity index (χ2v) is 7.34. The fourth-order valence-electron chi connectivity index (χ4n) is 3.05. The third-order valence-corrected chi connectivity index (χ3v) is 4.67. The number of carbonyl (C=O) groups excluding carboxylic acids is 1. The Kier molecular flexibility index (Phi) is 5.96. The molecule has 2 rings (SSSR count). The summed E-state index contributed by atoms with van der Waals surface area (Å²) in [5.74, 6) is -1.52. The van der Waals surface area contributed by atoms with Gasteiger partial charge in [0.15, 0.2) is 5.78 Å². The number of aliphatic hydroxyl groups is 1. The number of carboxylic acids is 1. The van der Waals surface area contributed by atoms with E-state index < -0.39 is 17.0 Å². The van der Waals surface area contributed by atoms with Crippen molar-refractivity contribution in [2.45, 2.75) is 32.8 Å². The van der Waals surface area contributed by atoms with E-state index >= 15 is 0 Å². The average Bonchev–Trinajstić information content (AvgIpc) is 2.55. The lowest BCUT2D eigenvalue weighted by Gasteiger charge is -2.44. The Bertz CT molecular complexity index is 857. The van der Waals surface area contributed by atoms with Crippen LogP contribution in [0.15, 0.2) is 65.8 Å². The minimum Gasteiger partial charge on any atom is -0.478 e. The van der Waals surface area contributed by atoms with Crippen LogP contribution in [0.3, 0.4) is 0 Å². The Hall–Kier alpha value is -2.79. The van der Waals surface area contributed by atoms with Crippen LogP contribution in [-0.4, -0.2) is 27.6 Å². The molecule has 0 heterocycles. The standard InChI is InChI=1S/C22H23FO4/c1-15(12-20(25)26)10-11-22(27)17(13-19(24)14-21(22,2)3)7-4-16-5-8-18(23)9-6-16/h4-13,27H,14H2,1-3H3,(H,25,26)/b7-4+,11-10+,15-12-/t22-/m1/s1. The molecule has 1 aliphatic rings. The molecule has 0 saturated carbocycles. The van der Waals surface area contributed by atoms with Gasteiger partial charge in [0.1, 0.15) is 11.4 Å².